The Hall–Kier alpha value is -2.46. The maximum Gasteiger partial charge on any atom is 0.251 e. The fraction of sp³-hybridized carbons (Fsp3) is 0.391. The molecule has 1 saturated heterocycles. The van der Waals surface area contributed by atoms with Crippen molar-refractivity contribution in [1.82, 2.24) is 24.8 Å². The number of hydrogen-bond donors (Lipinski definition) is 2. The molecule has 0 unspecified atom stereocenters. The minimum absolute atomic E-state index is 0.0103. The maximum atomic E-state index is 12.4. The summed E-state index contributed by atoms with van der Waals surface area (Å²) in [6, 6.07) is 7.67. The summed E-state index contributed by atoms with van der Waals surface area (Å²) in [5.74, 6) is 0.967. The van der Waals surface area contributed by atoms with Crippen LogP contribution in [-0.2, 0) is 17.9 Å². The molecule has 0 spiro atoms. The van der Waals surface area contributed by atoms with Crippen molar-refractivity contribution in [2.45, 2.75) is 36.9 Å². The van der Waals surface area contributed by atoms with Crippen LogP contribution in [0.5, 0.6) is 0 Å². The van der Waals surface area contributed by atoms with E-state index in [2.05, 4.69) is 25.5 Å². The number of anilines is 1. The molecule has 0 aliphatic carbocycles. The second-order valence-corrected chi connectivity index (χ2v) is 9.78. The van der Waals surface area contributed by atoms with Crippen LogP contribution < -0.4 is 16.2 Å². The third-order valence-corrected chi connectivity index (χ3v) is 7.57. The van der Waals surface area contributed by atoms with Crippen LogP contribution in [0.3, 0.4) is 0 Å². The van der Waals surface area contributed by atoms with Crippen LogP contribution in [0.15, 0.2) is 46.3 Å². The summed E-state index contributed by atoms with van der Waals surface area (Å²) in [4.78, 5) is 36.1. The number of piperidine rings is 1. The van der Waals surface area contributed by atoms with E-state index in [1.807, 2.05) is 22.8 Å². The molecule has 10 heteroatoms. The van der Waals surface area contributed by atoms with Gasteiger partial charge in [-0.1, -0.05) is 11.6 Å². The van der Waals surface area contributed by atoms with Crippen molar-refractivity contribution in [3.8, 4) is 0 Å². The molecule has 0 saturated carbocycles. The van der Waals surface area contributed by atoms with Gasteiger partial charge in [0.1, 0.15) is 5.82 Å². The van der Waals surface area contributed by atoms with Gasteiger partial charge in [0, 0.05) is 43.3 Å². The zero-order valence-corrected chi connectivity index (χ0v) is 19.7. The molecular formula is C23H25ClN6O2S. The number of nitrogens with one attached hydrogen (secondary N) is 2. The molecule has 5 heterocycles. The molecule has 1 fully saturated rings. The number of halogens is 1. The maximum absolute atomic E-state index is 12.4. The Morgan fingerprint density at radius 1 is 1.18 bits per heavy atom. The molecule has 0 aromatic carbocycles. The van der Waals surface area contributed by atoms with Crippen molar-refractivity contribution in [2.24, 2.45) is 0 Å². The molecule has 33 heavy (non-hydrogen) atoms. The van der Waals surface area contributed by atoms with Gasteiger partial charge in [0.2, 0.25) is 5.91 Å². The van der Waals surface area contributed by atoms with Gasteiger partial charge < -0.3 is 20.1 Å². The van der Waals surface area contributed by atoms with E-state index >= 15 is 0 Å². The van der Waals surface area contributed by atoms with Gasteiger partial charge in [-0.05, 0) is 44.1 Å². The highest BCUT2D eigenvalue weighted by molar-refractivity contribution is 8.00. The van der Waals surface area contributed by atoms with E-state index in [1.54, 1.807) is 18.5 Å². The molecule has 8 nitrogen and oxygen atoms in total. The minimum atomic E-state index is -0.0318. The third kappa shape index (κ3) is 5.06. The lowest BCUT2D eigenvalue weighted by Gasteiger charge is -2.32. The number of pyridine rings is 3. The molecule has 0 bridgehead atoms. The number of thioether (sulfide) groups is 1. The van der Waals surface area contributed by atoms with Gasteiger partial charge in [-0.3, -0.25) is 14.6 Å². The molecular weight excluding hydrogens is 460 g/mol. The highest BCUT2D eigenvalue weighted by Crippen LogP contribution is 2.33. The summed E-state index contributed by atoms with van der Waals surface area (Å²) >= 11 is 7.88. The highest BCUT2D eigenvalue weighted by Gasteiger charge is 2.22. The monoisotopic (exact) mass is 484 g/mol. The smallest absolute Gasteiger partial charge is 0.251 e. The molecule has 0 radical (unpaired) electrons. The second-order valence-electron chi connectivity index (χ2n) is 8.35. The summed E-state index contributed by atoms with van der Waals surface area (Å²) < 4.78 is 1.81. The first kappa shape index (κ1) is 22.3. The van der Waals surface area contributed by atoms with E-state index in [9.17, 15) is 9.59 Å². The van der Waals surface area contributed by atoms with Gasteiger partial charge in [-0.2, -0.15) is 0 Å². The van der Waals surface area contributed by atoms with Crippen molar-refractivity contribution in [1.29, 1.82) is 0 Å². The SMILES string of the molecule is O=C1CSc2cc(Cl)c(CNC3CCN(CCn4c(=O)ccc5ccncc54)CC3)nc2N1. The van der Waals surface area contributed by atoms with Crippen molar-refractivity contribution in [2.75, 3.05) is 30.7 Å². The summed E-state index contributed by atoms with van der Waals surface area (Å²) in [5, 5.41) is 8.04. The number of rotatable bonds is 6. The second kappa shape index (κ2) is 9.80. The van der Waals surface area contributed by atoms with E-state index in [0.717, 1.165) is 54.0 Å². The van der Waals surface area contributed by atoms with Crippen LogP contribution in [-0.4, -0.2) is 56.8 Å². The van der Waals surface area contributed by atoms with Crippen molar-refractivity contribution in [3.63, 3.8) is 0 Å². The normalized spacial score (nSPS) is 17.2. The number of fused-ring (bicyclic) bond motifs is 2. The molecule has 0 atom stereocenters. The molecule has 3 aromatic heterocycles. The molecule has 3 aromatic rings. The predicted molar refractivity (Wildman–Crippen MR) is 131 cm³/mol. The molecule has 2 N–H and O–H groups in total. The first-order chi connectivity index (χ1) is 16.1. The Morgan fingerprint density at radius 2 is 2.03 bits per heavy atom. The average Bonchev–Trinajstić information content (AvgIpc) is 2.83. The zero-order chi connectivity index (χ0) is 22.8. The first-order valence-electron chi connectivity index (χ1n) is 11.1. The fourth-order valence-electron chi connectivity index (χ4n) is 4.35. The number of likely N-dealkylation sites (tertiary alicyclic amines) is 1. The number of hydrogen-bond acceptors (Lipinski definition) is 7. The van der Waals surface area contributed by atoms with Gasteiger partial charge in [0.15, 0.2) is 0 Å². The van der Waals surface area contributed by atoms with Gasteiger partial charge in [0.05, 0.1) is 33.1 Å². The predicted octanol–water partition coefficient (Wildman–Crippen LogP) is 2.74. The van der Waals surface area contributed by atoms with Gasteiger partial charge in [0.25, 0.3) is 5.56 Å². The van der Waals surface area contributed by atoms with Crippen LogP contribution in [0.25, 0.3) is 10.9 Å². The lowest BCUT2D eigenvalue weighted by atomic mass is 10.0. The number of amides is 1. The van der Waals surface area contributed by atoms with Crippen molar-refractivity contribution in [3.05, 3.63) is 57.7 Å². The lowest BCUT2D eigenvalue weighted by molar-refractivity contribution is -0.113. The largest absolute Gasteiger partial charge is 0.309 e. The van der Waals surface area contributed by atoms with E-state index in [0.29, 0.717) is 35.7 Å². The van der Waals surface area contributed by atoms with Crippen molar-refractivity contribution >= 4 is 46.0 Å². The number of nitrogens with zero attached hydrogens (tertiary/aromatic N) is 4. The van der Waals surface area contributed by atoms with Crippen LogP contribution in [0.4, 0.5) is 5.82 Å². The highest BCUT2D eigenvalue weighted by atomic mass is 35.5. The average molecular weight is 485 g/mol. The number of carbonyl (C=O) groups excluding carboxylic acids is 1. The molecule has 5 rings (SSSR count). The zero-order valence-electron chi connectivity index (χ0n) is 18.1. The van der Waals surface area contributed by atoms with Crippen LogP contribution in [0, 0.1) is 0 Å². The van der Waals surface area contributed by atoms with Gasteiger partial charge in [-0.25, -0.2) is 4.98 Å². The summed E-state index contributed by atoms with van der Waals surface area (Å²) in [5.41, 5.74) is 1.64. The molecule has 172 valence electrons. The number of carbonyl (C=O) groups is 1. The summed E-state index contributed by atoms with van der Waals surface area (Å²) in [6.45, 7) is 3.98. The quantitative estimate of drug-likeness (QED) is 0.555. The van der Waals surface area contributed by atoms with Crippen molar-refractivity contribution < 1.29 is 4.79 Å². The Balaban J connectivity index is 1.14. The Kier molecular flexibility index (Phi) is 6.64. The molecule has 2 aliphatic heterocycles. The van der Waals surface area contributed by atoms with Gasteiger partial charge >= 0.3 is 0 Å². The Bertz CT molecular complexity index is 1240. The third-order valence-electron chi connectivity index (χ3n) is 6.21. The minimum Gasteiger partial charge on any atom is -0.309 e. The van der Waals surface area contributed by atoms with Crippen LogP contribution in [0.2, 0.25) is 5.02 Å². The molecule has 2 aliphatic rings. The van der Waals surface area contributed by atoms with E-state index < -0.39 is 0 Å². The van der Waals surface area contributed by atoms with Gasteiger partial charge in [-0.15, -0.1) is 11.8 Å². The Labute approximate surface area is 200 Å². The first-order valence-corrected chi connectivity index (χ1v) is 12.4. The standard InChI is InChI=1S/C23H25ClN6O2S/c24-17-11-20-23(28-21(31)14-33-20)27-18(17)12-26-16-4-7-29(8-5-16)9-10-30-19-13-25-6-3-15(19)1-2-22(30)32/h1-3,6,11,13,16,26H,4-5,7-10,12,14H2,(H,27,28,31). The van der Waals surface area contributed by atoms with E-state index in [1.165, 1.54) is 11.8 Å². The summed E-state index contributed by atoms with van der Waals surface area (Å²) in [6.07, 6.45) is 5.54. The lowest BCUT2D eigenvalue weighted by Crippen LogP contribution is -2.43. The summed E-state index contributed by atoms with van der Waals surface area (Å²) in [7, 11) is 0. The molecule has 1 amide bonds. The van der Waals surface area contributed by atoms with E-state index in [4.69, 9.17) is 11.6 Å². The Morgan fingerprint density at radius 3 is 2.88 bits per heavy atom. The topological polar surface area (TPSA) is 92.2 Å². The van der Waals surface area contributed by atoms with Crippen LogP contribution in [0.1, 0.15) is 18.5 Å². The van der Waals surface area contributed by atoms with E-state index in [-0.39, 0.29) is 11.5 Å². The number of aromatic nitrogens is 3. The van der Waals surface area contributed by atoms with Crippen LogP contribution >= 0.6 is 23.4 Å². The fourth-order valence-corrected chi connectivity index (χ4v) is 5.43.